The van der Waals surface area contributed by atoms with Crippen molar-refractivity contribution in [2.45, 2.75) is 6.54 Å². The van der Waals surface area contributed by atoms with Crippen molar-refractivity contribution < 1.29 is 4.74 Å². The molecule has 0 aliphatic rings. The highest BCUT2D eigenvalue weighted by Crippen LogP contribution is 2.13. The molecule has 106 valence electrons. The number of nitrogens with zero attached hydrogens (tertiary/aromatic N) is 2. The molecule has 1 aromatic heterocycles. The number of anilines is 1. The van der Waals surface area contributed by atoms with Crippen LogP contribution in [0.15, 0.2) is 59.5 Å². The Hall–Kier alpha value is -2.82. The number of hydrogen-bond donors (Lipinski definition) is 1. The van der Waals surface area contributed by atoms with Gasteiger partial charge in [0.2, 0.25) is 0 Å². The second-order valence-electron chi connectivity index (χ2n) is 4.65. The predicted octanol–water partition coefficient (Wildman–Crippen LogP) is 2.06. The molecule has 3 aromatic rings. The quantitative estimate of drug-likeness (QED) is 0.743. The number of rotatable bonds is 4. The largest absolute Gasteiger partial charge is 0.492 e. The number of aromatic nitrogens is 2. The van der Waals surface area contributed by atoms with Crippen LogP contribution in [0.25, 0.3) is 11.0 Å². The van der Waals surface area contributed by atoms with E-state index >= 15 is 0 Å². The third-order valence-electron chi connectivity index (χ3n) is 3.22. The maximum atomic E-state index is 11.9. The Balaban J connectivity index is 1.77. The van der Waals surface area contributed by atoms with E-state index in [9.17, 15) is 4.79 Å². The molecule has 0 saturated heterocycles. The average Bonchev–Trinajstić information content (AvgIpc) is 2.51. The van der Waals surface area contributed by atoms with E-state index in [1.54, 1.807) is 16.7 Å². The molecule has 0 aliphatic carbocycles. The molecule has 0 unspecified atom stereocenters. The first-order valence-electron chi connectivity index (χ1n) is 6.67. The van der Waals surface area contributed by atoms with Crippen molar-refractivity contribution in [3.05, 3.63) is 65.1 Å². The van der Waals surface area contributed by atoms with Crippen molar-refractivity contribution in [3.8, 4) is 5.75 Å². The van der Waals surface area contributed by atoms with Crippen LogP contribution >= 0.6 is 0 Å². The van der Waals surface area contributed by atoms with E-state index in [1.165, 1.54) is 6.20 Å². The molecular formula is C16H15N3O2. The predicted molar refractivity (Wildman–Crippen MR) is 82.4 cm³/mol. The lowest BCUT2D eigenvalue weighted by atomic mass is 10.3. The zero-order valence-corrected chi connectivity index (χ0v) is 11.4. The second kappa shape index (κ2) is 5.66. The topological polar surface area (TPSA) is 70.1 Å². The van der Waals surface area contributed by atoms with Crippen molar-refractivity contribution in [1.29, 1.82) is 0 Å². The number of para-hydroxylation sites is 2. The summed E-state index contributed by atoms with van der Waals surface area (Å²) in [6, 6.07) is 14.7. The van der Waals surface area contributed by atoms with Gasteiger partial charge in [-0.2, -0.15) is 0 Å². The molecular weight excluding hydrogens is 266 g/mol. The van der Waals surface area contributed by atoms with Crippen LogP contribution in [0.2, 0.25) is 0 Å². The van der Waals surface area contributed by atoms with Gasteiger partial charge in [0.1, 0.15) is 12.4 Å². The molecule has 0 fully saturated rings. The monoisotopic (exact) mass is 281 g/mol. The van der Waals surface area contributed by atoms with Crippen LogP contribution in [0.3, 0.4) is 0 Å². The van der Waals surface area contributed by atoms with Crippen molar-refractivity contribution in [1.82, 2.24) is 9.55 Å². The standard InChI is InChI=1S/C16H15N3O2/c17-12-5-7-13(8-6-12)21-10-9-19-15-4-2-1-3-14(15)18-11-16(19)20/h1-8,11H,9-10,17H2. The summed E-state index contributed by atoms with van der Waals surface area (Å²) in [5.74, 6) is 0.732. The minimum Gasteiger partial charge on any atom is -0.492 e. The van der Waals surface area contributed by atoms with E-state index in [2.05, 4.69) is 4.98 Å². The minimum atomic E-state index is -0.130. The van der Waals surface area contributed by atoms with E-state index in [-0.39, 0.29) is 5.56 Å². The van der Waals surface area contributed by atoms with Gasteiger partial charge in [0.05, 0.1) is 23.8 Å². The molecule has 0 atom stereocenters. The molecule has 1 heterocycles. The number of ether oxygens (including phenoxy) is 1. The van der Waals surface area contributed by atoms with Crippen LogP contribution < -0.4 is 16.0 Å². The molecule has 0 bridgehead atoms. The number of benzene rings is 2. The third-order valence-corrected chi connectivity index (χ3v) is 3.22. The summed E-state index contributed by atoms with van der Waals surface area (Å²) in [7, 11) is 0. The van der Waals surface area contributed by atoms with Gasteiger partial charge in [0.25, 0.3) is 5.56 Å². The first kappa shape index (κ1) is 13.2. The normalized spacial score (nSPS) is 10.7. The van der Waals surface area contributed by atoms with Gasteiger partial charge in [-0.05, 0) is 36.4 Å². The summed E-state index contributed by atoms with van der Waals surface area (Å²) in [5.41, 5.74) is 7.79. The Morgan fingerprint density at radius 3 is 2.67 bits per heavy atom. The highest BCUT2D eigenvalue weighted by molar-refractivity contribution is 5.74. The lowest BCUT2D eigenvalue weighted by Gasteiger charge is -2.10. The Bertz CT molecular complexity index is 810. The zero-order chi connectivity index (χ0) is 14.7. The Morgan fingerprint density at radius 1 is 1.10 bits per heavy atom. The SMILES string of the molecule is Nc1ccc(OCCn2c(=O)cnc3ccccc32)cc1. The summed E-state index contributed by atoms with van der Waals surface area (Å²) < 4.78 is 7.30. The maximum absolute atomic E-state index is 11.9. The third kappa shape index (κ3) is 2.86. The Morgan fingerprint density at radius 2 is 1.86 bits per heavy atom. The summed E-state index contributed by atoms with van der Waals surface area (Å²) >= 11 is 0. The number of nitrogen functional groups attached to an aromatic ring is 1. The molecule has 0 amide bonds. The van der Waals surface area contributed by atoms with Crippen LogP contribution in [-0.2, 0) is 6.54 Å². The first-order valence-corrected chi connectivity index (χ1v) is 6.67. The van der Waals surface area contributed by atoms with Crippen LogP contribution in [0.4, 0.5) is 5.69 Å². The van der Waals surface area contributed by atoms with E-state index in [0.717, 1.165) is 16.8 Å². The molecule has 0 radical (unpaired) electrons. The van der Waals surface area contributed by atoms with Crippen LogP contribution in [0.1, 0.15) is 0 Å². The smallest absolute Gasteiger partial charge is 0.269 e. The number of fused-ring (bicyclic) bond motifs is 1. The second-order valence-corrected chi connectivity index (χ2v) is 4.65. The lowest BCUT2D eigenvalue weighted by molar-refractivity contribution is 0.298. The number of nitrogens with two attached hydrogens (primary N) is 1. The van der Waals surface area contributed by atoms with Crippen LogP contribution in [0, 0.1) is 0 Å². The molecule has 3 rings (SSSR count). The molecule has 5 nitrogen and oxygen atoms in total. The molecule has 0 aliphatic heterocycles. The van der Waals surface area contributed by atoms with Gasteiger partial charge in [0, 0.05) is 5.69 Å². The van der Waals surface area contributed by atoms with E-state index < -0.39 is 0 Å². The zero-order valence-electron chi connectivity index (χ0n) is 11.4. The van der Waals surface area contributed by atoms with Crippen LogP contribution in [-0.4, -0.2) is 16.2 Å². The fraction of sp³-hybridized carbons (Fsp3) is 0.125. The van der Waals surface area contributed by atoms with Gasteiger partial charge in [0.15, 0.2) is 0 Å². The molecule has 2 N–H and O–H groups in total. The maximum Gasteiger partial charge on any atom is 0.269 e. The lowest BCUT2D eigenvalue weighted by Crippen LogP contribution is -2.23. The molecule has 21 heavy (non-hydrogen) atoms. The van der Waals surface area contributed by atoms with Crippen molar-refractivity contribution in [3.63, 3.8) is 0 Å². The highest BCUT2D eigenvalue weighted by Gasteiger charge is 2.03. The van der Waals surface area contributed by atoms with Crippen molar-refractivity contribution in [2.75, 3.05) is 12.3 Å². The van der Waals surface area contributed by atoms with Gasteiger partial charge < -0.3 is 15.0 Å². The average molecular weight is 281 g/mol. The van der Waals surface area contributed by atoms with Crippen molar-refractivity contribution >= 4 is 16.7 Å². The van der Waals surface area contributed by atoms with E-state index in [4.69, 9.17) is 10.5 Å². The number of hydrogen-bond acceptors (Lipinski definition) is 4. The molecule has 0 saturated carbocycles. The Kier molecular flexibility index (Phi) is 3.55. The summed E-state index contributed by atoms with van der Waals surface area (Å²) in [6.07, 6.45) is 1.34. The van der Waals surface area contributed by atoms with Gasteiger partial charge in [-0.1, -0.05) is 12.1 Å². The van der Waals surface area contributed by atoms with Gasteiger partial charge in [-0.15, -0.1) is 0 Å². The fourth-order valence-electron chi connectivity index (χ4n) is 2.16. The van der Waals surface area contributed by atoms with Crippen LogP contribution in [0.5, 0.6) is 5.75 Å². The van der Waals surface area contributed by atoms with Gasteiger partial charge in [-0.3, -0.25) is 4.79 Å². The van der Waals surface area contributed by atoms with E-state index in [1.807, 2.05) is 36.4 Å². The summed E-state index contributed by atoms with van der Waals surface area (Å²) in [6.45, 7) is 0.865. The molecule has 2 aromatic carbocycles. The summed E-state index contributed by atoms with van der Waals surface area (Å²) in [5, 5.41) is 0. The fourth-order valence-corrected chi connectivity index (χ4v) is 2.16. The van der Waals surface area contributed by atoms with E-state index in [0.29, 0.717) is 18.8 Å². The first-order chi connectivity index (χ1) is 10.2. The minimum absolute atomic E-state index is 0.130. The highest BCUT2D eigenvalue weighted by atomic mass is 16.5. The van der Waals surface area contributed by atoms with Crippen molar-refractivity contribution in [2.24, 2.45) is 0 Å². The van der Waals surface area contributed by atoms with Gasteiger partial charge in [-0.25, -0.2) is 4.98 Å². The molecule has 5 heteroatoms. The van der Waals surface area contributed by atoms with Gasteiger partial charge >= 0.3 is 0 Å². The summed E-state index contributed by atoms with van der Waals surface area (Å²) in [4.78, 5) is 16.1. The Labute approximate surface area is 121 Å². The molecule has 0 spiro atoms.